The van der Waals surface area contributed by atoms with Crippen molar-refractivity contribution >= 4 is 5.97 Å². The molecule has 4 rings (SSSR count). The monoisotopic (exact) mass is 248 g/mol. The second kappa shape index (κ2) is 3.19. The Labute approximate surface area is 108 Å². The quantitative estimate of drug-likeness (QED) is 0.375. The first kappa shape index (κ1) is 11.0. The van der Waals surface area contributed by atoms with E-state index >= 15 is 0 Å². The van der Waals surface area contributed by atoms with Gasteiger partial charge in [0.1, 0.15) is 6.10 Å². The maximum Gasteiger partial charge on any atom is 0.309 e. The lowest BCUT2D eigenvalue weighted by molar-refractivity contribution is -0.143. The minimum Gasteiger partial charge on any atom is -0.461 e. The van der Waals surface area contributed by atoms with Crippen LogP contribution in [-0.4, -0.2) is 23.8 Å². The Hall–Kier alpha value is -0.830. The smallest absolute Gasteiger partial charge is 0.309 e. The molecular formula is C15H20O3. The van der Waals surface area contributed by atoms with Crippen LogP contribution in [0.25, 0.3) is 0 Å². The lowest BCUT2D eigenvalue weighted by Crippen LogP contribution is -2.26. The van der Waals surface area contributed by atoms with Crippen molar-refractivity contribution in [3.63, 3.8) is 0 Å². The SMILES string of the molecule is CC1=C2C[C@H]3O[C@@]3(C)[C@@H]2C[C@H]2[C@H](C1)OC(=O)[C@H]2C. The van der Waals surface area contributed by atoms with E-state index in [-0.39, 0.29) is 23.6 Å². The number of fused-ring (bicyclic) bond motifs is 4. The minimum atomic E-state index is -0.00216. The predicted octanol–water partition coefficient (Wildman–Crippen LogP) is 2.45. The molecule has 3 nitrogen and oxygen atoms in total. The highest BCUT2D eigenvalue weighted by Crippen LogP contribution is 2.61. The molecule has 3 heteroatoms. The van der Waals surface area contributed by atoms with Crippen LogP contribution in [0.3, 0.4) is 0 Å². The molecule has 0 N–H and O–H groups in total. The van der Waals surface area contributed by atoms with Crippen molar-refractivity contribution in [3.05, 3.63) is 11.1 Å². The molecule has 0 spiro atoms. The largest absolute Gasteiger partial charge is 0.461 e. The normalized spacial score (nSPS) is 53.5. The average Bonchev–Trinajstić information content (AvgIpc) is 2.84. The Bertz CT molecular complexity index is 466. The van der Waals surface area contributed by atoms with Gasteiger partial charge in [0.05, 0.1) is 17.6 Å². The Morgan fingerprint density at radius 1 is 1.33 bits per heavy atom. The molecule has 1 saturated carbocycles. The number of esters is 1. The minimum absolute atomic E-state index is 0.00216. The van der Waals surface area contributed by atoms with Crippen LogP contribution < -0.4 is 0 Å². The van der Waals surface area contributed by atoms with Crippen LogP contribution in [0.15, 0.2) is 11.1 Å². The topological polar surface area (TPSA) is 38.8 Å². The molecule has 2 saturated heterocycles. The van der Waals surface area contributed by atoms with Crippen molar-refractivity contribution in [1.82, 2.24) is 0 Å². The first-order valence-corrected chi connectivity index (χ1v) is 7.07. The number of carbonyl (C=O) groups excluding carboxylic acids is 1. The summed E-state index contributed by atoms with van der Waals surface area (Å²) in [5.74, 6) is 0.963. The van der Waals surface area contributed by atoms with E-state index in [1.807, 2.05) is 6.92 Å². The van der Waals surface area contributed by atoms with Gasteiger partial charge in [-0.1, -0.05) is 18.1 Å². The summed E-state index contributed by atoms with van der Waals surface area (Å²) in [7, 11) is 0. The maximum absolute atomic E-state index is 11.8. The van der Waals surface area contributed by atoms with Crippen LogP contribution in [0.1, 0.15) is 40.0 Å². The Morgan fingerprint density at radius 2 is 2.11 bits per heavy atom. The van der Waals surface area contributed by atoms with E-state index < -0.39 is 0 Å². The van der Waals surface area contributed by atoms with Gasteiger partial charge in [-0.25, -0.2) is 0 Å². The number of carbonyl (C=O) groups is 1. The lowest BCUT2D eigenvalue weighted by Gasteiger charge is -2.23. The second-order valence-electron chi connectivity index (χ2n) is 6.72. The average molecular weight is 248 g/mol. The number of hydrogen-bond donors (Lipinski definition) is 0. The molecular weight excluding hydrogens is 228 g/mol. The van der Waals surface area contributed by atoms with Gasteiger partial charge < -0.3 is 9.47 Å². The third-order valence-electron chi connectivity index (χ3n) is 5.82. The molecule has 0 radical (unpaired) electrons. The molecule has 0 aromatic carbocycles. The molecule has 2 aliphatic heterocycles. The number of hydrogen-bond acceptors (Lipinski definition) is 3. The number of ether oxygens (including phenoxy) is 2. The van der Waals surface area contributed by atoms with Gasteiger partial charge in [-0.2, -0.15) is 0 Å². The van der Waals surface area contributed by atoms with Crippen molar-refractivity contribution in [2.24, 2.45) is 17.8 Å². The standard InChI is InChI=1S/C15H20O3/c1-7-4-12-10(8(2)14(16)17-12)5-11-9(7)6-13-15(11,3)18-13/h8,10-13H,4-6H2,1-3H3/t8-,10+,11+,12-,13+,15-/m0/s1. The zero-order valence-corrected chi connectivity index (χ0v) is 11.2. The van der Waals surface area contributed by atoms with Gasteiger partial charge in [0, 0.05) is 18.3 Å². The summed E-state index contributed by atoms with van der Waals surface area (Å²) in [6, 6.07) is 0. The summed E-state index contributed by atoms with van der Waals surface area (Å²) in [5.41, 5.74) is 3.12. The third kappa shape index (κ3) is 1.21. The van der Waals surface area contributed by atoms with Gasteiger partial charge in [0.25, 0.3) is 0 Å². The van der Waals surface area contributed by atoms with Gasteiger partial charge in [-0.15, -0.1) is 0 Å². The van der Waals surface area contributed by atoms with Crippen molar-refractivity contribution < 1.29 is 14.3 Å². The van der Waals surface area contributed by atoms with Gasteiger partial charge in [0.15, 0.2) is 0 Å². The second-order valence-corrected chi connectivity index (χ2v) is 6.72. The van der Waals surface area contributed by atoms with Crippen LogP contribution in [0, 0.1) is 17.8 Å². The van der Waals surface area contributed by atoms with Crippen LogP contribution in [-0.2, 0) is 14.3 Å². The predicted molar refractivity (Wildman–Crippen MR) is 65.9 cm³/mol. The van der Waals surface area contributed by atoms with Gasteiger partial charge in [0.2, 0.25) is 0 Å². The molecule has 3 fully saturated rings. The summed E-state index contributed by atoms with van der Waals surface area (Å²) in [4.78, 5) is 11.8. The fraction of sp³-hybridized carbons (Fsp3) is 0.800. The zero-order chi connectivity index (χ0) is 12.7. The highest BCUT2D eigenvalue weighted by Gasteiger charge is 2.65. The maximum atomic E-state index is 11.8. The highest BCUT2D eigenvalue weighted by molar-refractivity contribution is 5.75. The van der Waals surface area contributed by atoms with Crippen LogP contribution in [0.2, 0.25) is 0 Å². The molecule has 6 atom stereocenters. The molecule has 0 bridgehead atoms. The number of rotatable bonds is 0. The van der Waals surface area contributed by atoms with Crippen LogP contribution in [0.4, 0.5) is 0 Å². The summed E-state index contributed by atoms with van der Waals surface area (Å²) in [5, 5.41) is 0. The molecule has 18 heavy (non-hydrogen) atoms. The summed E-state index contributed by atoms with van der Waals surface area (Å²) < 4.78 is 11.4. The first-order valence-electron chi connectivity index (χ1n) is 7.07. The zero-order valence-electron chi connectivity index (χ0n) is 11.2. The first-order chi connectivity index (χ1) is 8.50. The van der Waals surface area contributed by atoms with E-state index in [2.05, 4.69) is 13.8 Å². The van der Waals surface area contributed by atoms with Crippen molar-refractivity contribution in [2.45, 2.75) is 57.8 Å². The molecule has 2 heterocycles. The Balaban J connectivity index is 1.72. The van der Waals surface area contributed by atoms with Crippen molar-refractivity contribution in [2.75, 3.05) is 0 Å². The van der Waals surface area contributed by atoms with Crippen molar-refractivity contribution in [1.29, 1.82) is 0 Å². The van der Waals surface area contributed by atoms with E-state index in [9.17, 15) is 4.79 Å². The molecule has 0 aromatic rings. The molecule has 0 amide bonds. The molecule has 2 aliphatic carbocycles. The number of epoxide rings is 1. The summed E-state index contributed by atoms with van der Waals surface area (Å²) in [6.45, 7) is 6.48. The van der Waals surface area contributed by atoms with E-state index in [0.29, 0.717) is 17.9 Å². The molecule has 98 valence electrons. The molecule has 0 unspecified atom stereocenters. The summed E-state index contributed by atoms with van der Waals surface area (Å²) >= 11 is 0. The molecule has 0 aromatic heterocycles. The van der Waals surface area contributed by atoms with Gasteiger partial charge in [-0.3, -0.25) is 4.79 Å². The lowest BCUT2D eigenvalue weighted by atomic mass is 9.80. The Kier molecular flexibility index (Phi) is 1.95. The van der Waals surface area contributed by atoms with E-state index in [4.69, 9.17) is 9.47 Å². The van der Waals surface area contributed by atoms with Crippen molar-refractivity contribution in [3.8, 4) is 0 Å². The van der Waals surface area contributed by atoms with Gasteiger partial charge >= 0.3 is 5.97 Å². The fourth-order valence-electron chi connectivity index (χ4n) is 4.45. The van der Waals surface area contributed by atoms with Crippen LogP contribution >= 0.6 is 0 Å². The Morgan fingerprint density at radius 3 is 2.89 bits per heavy atom. The molecule has 4 aliphatic rings. The van der Waals surface area contributed by atoms with Crippen LogP contribution in [0.5, 0.6) is 0 Å². The van der Waals surface area contributed by atoms with E-state index in [1.54, 1.807) is 5.57 Å². The summed E-state index contributed by atoms with van der Waals surface area (Å²) in [6.07, 6.45) is 3.67. The van der Waals surface area contributed by atoms with E-state index in [0.717, 1.165) is 19.3 Å². The van der Waals surface area contributed by atoms with E-state index in [1.165, 1.54) is 5.57 Å². The fourth-order valence-corrected chi connectivity index (χ4v) is 4.45. The van der Waals surface area contributed by atoms with Gasteiger partial charge in [-0.05, 0) is 26.7 Å². The highest BCUT2D eigenvalue weighted by atomic mass is 16.6. The third-order valence-corrected chi connectivity index (χ3v) is 5.82.